The van der Waals surface area contributed by atoms with Gasteiger partial charge in [0.05, 0.1) is 10.7 Å². The van der Waals surface area contributed by atoms with Crippen LogP contribution in [0, 0.1) is 5.92 Å². The van der Waals surface area contributed by atoms with E-state index in [2.05, 4.69) is 18.8 Å². The number of carbonyl (C=O) groups is 1. The van der Waals surface area contributed by atoms with E-state index >= 15 is 0 Å². The first kappa shape index (κ1) is 14.1. The third-order valence-electron chi connectivity index (χ3n) is 2.38. The average molecular weight is 256 g/mol. The number of unbranched alkanes of at least 4 members (excludes halogenated alkanes) is 1. The molecule has 1 aromatic heterocycles. The second-order valence-electron chi connectivity index (χ2n) is 4.53. The Balaban J connectivity index is 2.76. The third-order valence-corrected chi connectivity index (χ3v) is 3.53. The van der Waals surface area contributed by atoms with Gasteiger partial charge in [-0.25, -0.2) is 9.78 Å². The maximum Gasteiger partial charge on any atom is 0.347 e. The van der Waals surface area contributed by atoms with Crippen LogP contribution < -0.4 is 5.73 Å². The number of rotatable bonds is 7. The fourth-order valence-electron chi connectivity index (χ4n) is 1.62. The summed E-state index contributed by atoms with van der Waals surface area (Å²) in [6.07, 6.45) is 3.50. The highest BCUT2D eigenvalue weighted by Gasteiger charge is 2.17. The minimum Gasteiger partial charge on any atom is -0.477 e. The Morgan fingerprint density at radius 1 is 1.47 bits per heavy atom. The Morgan fingerprint density at radius 3 is 2.71 bits per heavy atom. The summed E-state index contributed by atoms with van der Waals surface area (Å²) in [5.74, 6) is -0.435. The zero-order chi connectivity index (χ0) is 12.8. The van der Waals surface area contributed by atoms with Crippen LogP contribution in [0.15, 0.2) is 0 Å². The lowest BCUT2D eigenvalue weighted by Crippen LogP contribution is -2.02. The minimum atomic E-state index is -0.858. The number of hydrogen-bond acceptors (Lipinski definition) is 4. The van der Waals surface area contributed by atoms with Crippen molar-refractivity contribution in [3.63, 3.8) is 0 Å². The zero-order valence-corrected chi connectivity index (χ0v) is 11.2. The van der Waals surface area contributed by atoms with Crippen molar-refractivity contribution in [3.8, 4) is 0 Å². The van der Waals surface area contributed by atoms with Crippen molar-refractivity contribution in [1.82, 2.24) is 4.98 Å². The van der Waals surface area contributed by atoms with E-state index in [9.17, 15) is 4.79 Å². The van der Waals surface area contributed by atoms with Crippen LogP contribution in [0.5, 0.6) is 0 Å². The molecule has 3 N–H and O–H groups in total. The van der Waals surface area contributed by atoms with Crippen molar-refractivity contribution in [2.75, 3.05) is 6.54 Å². The topological polar surface area (TPSA) is 76.2 Å². The number of aryl methyl sites for hydroxylation is 1. The molecule has 1 rings (SSSR count). The lowest BCUT2D eigenvalue weighted by atomic mass is 10.1. The number of carboxylic acid groups (broad SMARTS) is 1. The summed E-state index contributed by atoms with van der Waals surface area (Å²) in [5.41, 5.74) is 6.17. The van der Waals surface area contributed by atoms with Crippen molar-refractivity contribution in [2.24, 2.45) is 11.7 Å². The van der Waals surface area contributed by atoms with Gasteiger partial charge >= 0.3 is 5.97 Å². The molecule has 0 bridgehead atoms. The molecule has 1 heterocycles. The highest BCUT2D eigenvalue weighted by Crippen LogP contribution is 2.22. The van der Waals surface area contributed by atoms with Gasteiger partial charge in [0.2, 0.25) is 0 Å². The third kappa shape index (κ3) is 4.44. The molecule has 0 aliphatic rings. The average Bonchev–Trinajstić information content (AvgIpc) is 2.60. The summed E-state index contributed by atoms with van der Waals surface area (Å²) in [6.45, 7) is 4.81. The zero-order valence-electron chi connectivity index (χ0n) is 10.4. The monoisotopic (exact) mass is 256 g/mol. The Labute approximate surface area is 106 Å². The maximum absolute atomic E-state index is 11.1. The Kier molecular flexibility index (Phi) is 5.58. The van der Waals surface area contributed by atoms with Crippen molar-refractivity contribution in [1.29, 1.82) is 0 Å². The molecule has 0 aliphatic heterocycles. The highest BCUT2D eigenvalue weighted by atomic mass is 32.1. The first-order chi connectivity index (χ1) is 8.04. The first-order valence-electron chi connectivity index (χ1n) is 5.96. The van der Waals surface area contributed by atoms with Crippen LogP contribution in [-0.2, 0) is 12.8 Å². The van der Waals surface area contributed by atoms with Crippen LogP contribution in [0.4, 0.5) is 0 Å². The van der Waals surface area contributed by atoms with Crippen LogP contribution in [-0.4, -0.2) is 22.6 Å². The van der Waals surface area contributed by atoms with E-state index in [1.807, 2.05) is 0 Å². The fraction of sp³-hybridized carbons (Fsp3) is 0.667. The van der Waals surface area contributed by atoms with Gasteiger partial charge in [-0.1, -0.05) is 13.8 Å². The lowest BCUT2D eigenvalue weighted by Gasteiger charge is -2.01. The summed E-state index contributed by atoms with van der Waals surface area (Å²) in [7, 11) is 0. The molecule has 5 heteroatoms. The quantitative estimate of drug-likeness (QED) is 0.734. The van der Waals surface area contributed by atoms with E-state index in [1.165, 1.54) is 11.3 Å². The van der Waals surface area contributed by atoms with Gasteiger partial charge in [0.25, 0.3) is 0 Å². The standard InChI is InChI=1S/C12H20N2O2S/c1-8(2)7-9-11(12(15)16)17-10(14-9)5-3-4-6-13/h8H,3-7,13H2,1-2H3,(H,15,16). The molecule has 0 atom stereocenters. The molecule has 4 nitrogen and oxygen atoms in total. The van der Waals surface area contributed by atoms with Gasteiger partial charge in [-0.05, 0) is 38.1 Å². The summed E-state index contributed by atoms with van der Waals surface area (Å²) in [5, 5.41) is 10.0. The van der Waals surface area contributed by atoms with E-state index in [1.54, 1.807) is 0 Å². The number of thiazole rings is 1. The van der Waals surface area contributed by atoms with Gasteiger partial charge in [-0.15, -0.1) is 11.3 Å². The summed E-state index contributed by atoms with van der Waals surface area (Å²) >= 11 is 1.31. The van der Waals surface area contributed by atoms with Gasteiger partial charge < -0.3 is 10.8 Å². The predicted molar refractivity (Wildman–Crippen MR) is 69.6 cm³/mol. The van der Waals surface area contributed by atoms with E-state index in [4.69, 9.17) is 10.8 Å². The van der Waals surface area contributed by atoms with E-state index in [-0.39, 0.29) is 0 Å². The van der Waals surface area contributed by atoms with E-state index < -0.39 is 5.97 Å². The summed E-state index contributed by atoms with van der Waals surface area (Å²) in [6, 6.07) is 0. The van der Waals surface area contributed by atoms with Gasteiger partial charge in [0.15, 0.2) is 0 Å². The highest BCUT2D eigenvalue weighted by molar-refractivity contribution is 7.13. The molecule has 96 valence electrons. The number of carboxylic acids is 1. The SMILES string of the molecule is CC(C)Cc1nc(CCCCN)sc1C(=O)O. The number of hydrogen-bond donors (Lipinski definition) is 2. The molecular weight excluding hydrogens is 236 g/mol. The van der Waals surface area contributed by atoms with Crippen molar-refractivity contribution in [3.05, 3.63) is 15.6 Å². The van der Waals surface area contributed by atoms with Crippen LogP contribution >= 0.6 is 11.3 Å². The van der Waals surface area contributed by atoms with Crippen molar-refractivity contribution < 1.29 is 9.90 Å². The minimum absolute atomic E-state index is 0.404. The lowest BCUT2D eigenvalue weighted by molar-refractivity contribution is 0.0700. The molecule has 0 amide bonds. The summed E-state index contributed by atoms with van der Waals surface area (Å²) < 4.78 is 0. The second-order valence-corrected chi connectivity index (χ2v) is 5.62. The molecule has 0 spiro atoms. The molecule has 0 fully saturated rings. The van der Waals surface area contributed by atoms with E-state index in [0.717, 1.165) is 36.4 Å². The Morgan fingerprint density at radius 2 is 2.18 bits per heavy atom. The molecule has 0 unspecified atom stereocenters. The second kappa shape index (κ2) is 6.71. The van der Waals surface area contributed by atoms with Crippen molar-refractivity contribution >= 4 is 17.3 Å². The normalized spacial score (nSPS) is 11.1. The van der Waals surface area contributed by atoms with Crippen LogP contribution in [0.1, 0.15) is 47.1 Å². The van der Waals surface area contributed by atoms with Gasteiger partial charge in [0.1, 0.15) is 4.88 Å². The number of nitrogens with two attached hydrogens (primary N) is 1. The predicted octanol–water partition coefficient (Wildman–Crippen LogP) is 2.32. The Hall–Kier alpha value is -0.940. The number of aromatic carboxylic acids is 1. The fourth-order valence-corrected chi connectivity index (χ4v) is 2.59. The van der Waals surface area contributed by atoms with Crippen molar-refractivity contribution in [2.45, 2.75) is 39.5 Å². The van der Waals surface area contributed by atoms with E-state index in [0.29, 0.717) is 17.3 Å². The molecular formula is C12H20N2O2S. The largest absolute Gasteiger partial charge is 0.477 e. The molecule has 0 aliphatic carbocycles. The number of aromatic nitrogens is 1. The summed E-state index contributed by atoms with van der Waals surface area (Å²) in [4.78, 5) is 15.9. The molecule has 1 aromatic rings. The molecule has 0 radical (unpaired) electrons. The molecule has 0 aromatic carbocycles. The number of nitrogens with zero attached hydrogens (tertiary/aromatic N) is 1. The molecule has 0 saturated heterocycles. The van der Waals surface area contributed by atoms with Gasteiger partial charge in [-0.2, -0.15) is 0 Å². The maximum atomic E-state index is 11.1. The smallest absolute Gasteiger partial charge is 0.347 e. The van der Waals surface area contributed by atoms with Gasteiger partial charge in [-0.3, -0.25) is 0 Å². The first-order valence-corrected chi connectivity index (χ1v) is 6.78. The molecule has 17 heavy (non-hydrogen) atoms. The van der Waals surface area contributed by atoms with Crippen LogP contribution in [0.3, 0.4) is 0 Å². The Bertz CT molecular complexity index is 375. The van der Waals surface area contributed by atoms with Crippen LogP contribution in [0.25, 0.3) is 0 Å². The molecule has 0 saturated carbocycles. The van der Waals surface area contributed by atoms with Gasteiger partial charge in [0, 0.05) is 0 Å². The van der Waals surface area contributed by atoms with Crippen LogP contribution in [0.2, 0.25) is 0 Å².